The van der Waals surface area contributed by atoms with Crippen LogP contribution in [0.5, 0.6) is 0 Å². The molecule has 0 radical (unpaired) electrons. The Hall–Kier alpha value is -2.55. The van der Waals surface area contributed by atoms with Gasteiger partial charge in [-0.25, -0.2) is 9.37 Å². The normalized spacial score (nSPS) is 16.8. The number of nitrogens with one attached hydrogen (secondary N) is 2. The first-order chi connectivity index (χ1) is 13.7. The minimum atomic E-state index is -0.269. The van der Waals surface area contributed by atoms with E-state index in [-0.39, 0.29) is 17.8 Å². The third-order valence-electron chi connectivity index (χ3n) is 4.44. The van der Waals surface area contributed by atoms with E-state index in [9.17, 15) is 9.18 Å². The van der Waals surface area contributed by atoms with Gasteiger partial charge in [0, 0.05) is 31.0 Å². The minimum Gasteiger partial charge on any atom is -0.313 e. The number of halogens is 1. The molecule has 1 atom stereocenters. The van der Waals surface area contributed by atoms with Gasteiger partial charge in [-0.1, -0.05) is 42.1 Å². The average Bonchev–Trinajstić information content (AvgIpc) is 3.18. The lowest BCUT2D eigenvalue weighted by Gasteiger charge is -2.21. The summed E-state index contributed by atoms with van der Waals surface area (Å²) in [6.07, 6.45) is 0. The summed E-state index contributed by atoms with van der Waals surface area (Å²) < 4.78 is 14.5. The first-order valence-electron chi connectivity index (χ1n) is 9.09. The van der Waals surface area contributed by atoms with Crippen LogP contribution < -0.4 is 10.6 Å². The summed E-state index contributed by atoms with van der Waals surface area (Å²) in [6.45, 7) is 2.43. The van der Waals surface area contributed by atoms with Gasteiger partial charge >= 0.3 is 0 Å². The molecule has 1 unspecified atom stereocenters. The molecule has 1 fully saturated rings. The van der Waals surface area contributed by atoms with Crippen LogP contribution in [0.3, 0.4) is 0 Å². The number of piperazine rings is 1. The second kappa shape index (κ2) is 8.64. The largest absolute Gasteiger partial charge is 0.313 e. The monoisotopic (exact) mass is 397 g/mol. The van der Waals surface area contributed by atoms with E-state index in [1.165, 1.54) is 28.6 Å². The van der Waals surface area contributed by atoms with Gasteiger partial charge in [0.1, 0.15) is 5.82 Å². The molecule has 1 aliphatic rings. The molecule has 4 rings (SSSR count). The van der Waals surface area contributed by atoms with Gasteiger partial charge in [0.2, 0.25) is 0 Å². The number of carbonyl (C=O) groups is 1. The Bertz CT molecular complexity index is 939. The second-order valence-electron chi connectivity index (χ2n) is 6.46. The fourth-order valence-electron chi connectivity index (χ4n) is 2.95. The molecule has 0 spiro atoms. The molecule has 28 heavy (non-hydrogen) atoms. The highest BCUT2D eigenvalue weighted by Gasteiger charge is 2.24. The van der Waals surface area contributed by atoms with Gasteiger partial charge in [-0.3, -0.25) is 4.79 Å². The summed E-state index contributed by atoms with van der Waals surface area (Å²) in [7, 11) is 0. The van der Waals surface area contributed by atoms with Crippen LogP contribution in [-0.2, 0) is 5.75 Å². The second-order valence-corrected chi connectivity index (χ2v) is 7.40. The number of benzene rings is 2. The molecule has 3 aromatic rings. The molecule has 1 saturated heterocycles. The Kier molecular flexibility index (Phi) is 5.80. The average molecular weight is 397 g/mol. The smallest absolute Gasteiger partial charge is 0.280 e. The molecule has 144 valence electrons. The zero-order valence-corrected chi connectivity index (χ0v) is 16.0. The molecule has 0 bridgehead atoms. The van der Waals surface area contributed by atoms with Crippen LogP contribution in [0.4, 0.5) is 4.39 Å². The lowest BCUT2D eigenvalue weighted by atomic mass is 10.2. The van der Waals surface area contributed by atoms with Gasteiger partial charge in [0.15, 0.2) is 11.0 Å². The molecular formula is C20H20FN5OS. The lowest BCUT2D eigenvalue weighted by Crippen LogP contribution is -2.43. The Morgan fingerprint density at radius 1 is 1.14 bits per heavy atom. The van der Waals surface area contributed by atoms with Crippen LogP contribution in [0.25, 0.3) is 0 Å². The van der Waals surface area contributed by atoms with Crippen molar-refractivity contribution in [2.24, 2.45) is 0 Å². The molecule has 6 nitrogen and oxygen atoms in total. The van der Waals surface area contributed by atoms with E-state index < -0.39 is 0 Å². The molecule has 2 heterocycles. The van der Waals surface area contributed by atoms with E-state index in [4.69, 9.17) is 0 Å². The van der Waals surface area contributed by atoms with Crippen molar-refractivity contribution >= 4 is 17.7 Å². The van der Waals surface area contributed by atoms with E-state index in [1.54, 1.807) is 24.3 Å². The number of thioether (sulfide) groups is 1. The zero-order chi connectivity index (χ0) is 19.3. The highest BCUT2D eigenvalue weighted by atomic mass is 32.2. The van der Waals surface area contributed by atoms with E-state index >= 15 is 0 Å². The number of carbonyl (C=O) groups excluding carboxylic acids is 1. The van der Waals surface area contributed by atoms with E-state index in [0.29, 0.717) is 28.8 Å². The SMILES string of the molecule is O=C(c1ccccc1)n1nc(C2CNCCN2)nc1SCc1ccc(F)cc1. The highest BCUT2D eigenvalue weighted by Crippen LogP contribution is 2.24. The van der Waals surface area contributed by atoms with Crippen molar-refractivity contribution in [3.63, 3.8) is 0 Å². The summed E-state index contributed by atoms with van der Waals surface area (Å²) in [5.41, 5.74) is 1.50. The molecule has 8 heteroatoms. The summed E-state index contributed by atoms with van der Waals surface area (Å²) in [4.78, 5) is 17.6. The Morgan fingerprint density at radius 3 is 2.64 bits per heavy atom. The highest BCUT2D eigenvalue weighted by molar-refractivity contribution is 7.98. The number of hydrogen-bond acceptors (Lipinski definition) is 6. The van der Waals surface area contributed by atoms with E-state index in [1.807, 2.05) is 18.2 Å². The quantitative estimate of drug-likeness (QED) is 0.645. The molecule has 1 aliphatic heterocycles. The van der Waals surface area contributed by atoms with Gasteiger partial charge in [-0.2, -0.15) is 4.68 Å². The van der Waals surface area contributed by atoms with Crippen LogP contribution in [0.1, 0.15) is 27.8 Å². The minimum absolute atomic E-state index is 0.0382. The molecular weight excluding hydrogens is 377 g/mol. The van der Waals surface area contributed by atoms with Crippen molar-refractivity contribution in [3.05, 3.63) is 77.4 Å². The van der Waals surface area contributed by atoms with Gasteiger partial charge in [-0.05, 0) is 29.8 Å². The van der Waals surface area contributed by atoms with Gasteiger partial charge in [-0.15, -0.1) is 5.10 Å². The van der Waals surface area contributed by atoms with Crippen LogP contribution in [0.15, 0.2) is 59.8 Å². The van der Waals surface area contributed by atoms with Crippen molar-refractivity contribution < 1.29 is 9.18 Å². The summed E-state index contributed by atoms with van der Waals surface area (Å²) >= 11 is 1.41. The lowest BCUT2D eigenvalue weighted by molar-refractivity contribution is 0.0933. The van der Waals surface area contributed by atoms with Crippen LogP contribution in [-0.4, -0.2) is 40.3 Å². The number of rotatable bonds is 5. The molecule has 2 N–H and O–H groups in total. The van der Waals surface area contributed by atoms with Gasteiger partial charge in [0.25, 0.3) is 5.91 Å². The van der Waals surface area contributed by atoms with Gasteiger partial charge in [0.05, 0.1) is 6.04 Å². The Morgan fingerprint density at radius 2 is 1.93 bits per heavy atom. The summed E-state index contributed by atoms with van der Waals surface area (Å²) in [5.74, 6) is 0.675. The molecule has 0 amide bonds. The van der Waals surface area contributed by atoms with Crippen LogP contribution in [0.2, 0.25) is 0 Å². The van der Waals surface area contributed by atoms with E-state index in [0.717, 1.165) is 18.7 Å². The Labute approximate surface area is 166 Å². The molecule has 0 aliphatic carbocycles. The van der Waals surface area contributed by atoms with Crippen molar-refractivity contribution in [2.75, 3.05) is 19.6 Å². The van der Waals surface area contributed by atoms with Crippen LogP contribution in [0, 0.1) is 5.82 Å². The van der Waals surface area contributed by atoms with Crippen molar-refractivity contribution in [1.82, 2.24) is 25.4 Å². The fourth-order valence-corrected chi connectivity index (χ4v) is 3.85. The van der Waals surface area contributed by atoms with Crippen molar-refractivity contribution in [1.29, 1.82) is 0 Å². The molecule has 2 aromatic carbocycles. The first kappa shape index (κ1) is 18.8. The van der Waals surface area contributed by atoms with Crippen molar-refractivity contribution in [2.45, 2.75) is 17.0 Å². The number of aromatic nitrogens is 3. The molecule has 0 saturated carbocycles. The third kappa shape index (κ3) is 4.30. The predicted octanol–water partition coefficient (Wildman–Crippen LogP) is 2.63. The topological polar surface area (TPSA) is 71.8 Å². The maximum absolute atomic E-state index is 13.1. The van der Waals surface area contributed by atoms with Gasteiger partial charge < -0.3 is 10.6 Å². The summed E-state index contributed by atoms with van der Waals surface area (Å²) in [5, 5.41) is 11.7. The predicted molar refractivity (Wildman–Crippen MR) is 106 cm³/mol. The zero-order valence-electron chi connectivity index (χ0n) is 15.1. The maximum Gasteiger partial charge on any atom is 0.280 e. The fraction of sp³-hybridized carbons (Fsp3) is 0.250. The van der Waals surface area contributed by atoms with Crippen LogP contribution >= 0.6 is 11.8 Å². The first-order valence-corrected chi connectivity index (χ1v) is 10.1. The molecule has 1 aromatic heterocycles. The third-order valence-corrected chi connectivity index (χ3v) is 5.44. The standard InChI is InChI=1S/C20H20FN5OS/c21-16-8-6-14(7-9-16)13-28-20-24-18(17-12-22-10-11-23-17)25-26(20)19(27)15-4-2-1-3-5-15/h1-9,17,22-23H,10-13H2. The Balaban J connectivity index is 1.61. The number of nitrogens with zero attached hydrogens (tertiary/aromatic N) is 3. The summed E-state index contributed by atoms with van der Waals surface area (Å²) in [6, 6.07) is 15.3. The maximum atomic E-state index is 13.1. The van der Waals surface area contributed by atoms with E-state index in [2.05, 4.69) is 20.7 Å². The number of hydrogen-bond donors (Lipinski definition) is 2. The van der Waals surface area contributed by atoms with Crippen molar-refractivity contribution in [3.8, 4) is 0 Å².